The molecule has 2 aliphatic rings. The highest BCUT2D eigenvalue weighted by atomic mass is 15.2. The maximum absolute atomic E-state index is 8.93. The van der Waals surface area contributed by atoms with Gasteiger partial charge in [-0.25, -0.2) is 0 Å². The highest BCUT2D eigenvalue weighted by Crippen LogP contribution is 2.28. The molecule has 0 aromatic carbocycles. The fourth-order valence-electron chi connectivity index (χ4n) is 3.41. The molecular formula is C15H27N3. The van der Waals surface area contributed by atoms with Gasteiger partial charge in [-0.2, -0.15) is 5.26 Å². The second-order valence-corrected chi connectivity index (χ2v) is 6.83. The van der Waals surface area contributed by atoms with E-state index in [0.717, 1.165) is 19.1 Å². The summed E-state index contributed by atoms with van der Waals surface area (Å²) in [5, 5.41) is 12.5. The van der Waals surface area contributed by atoms with E-state index in [0.29, 0.717) is 17.9 Å². The van der Waals surface area contributed by atoms with Crippen molar-refractivity contribution >= 4 is 0 Å². The normalized spacial score (nSPS) is 30.6. The topological polar surface area (TPSA) is 39.1 Å². The molecule has 1 N–H and O–H groups in total. The molecule has 1 atom stereocenters. The summed E-state index contributed by atoms with van der Waals surface area (Å²) in [4.78, 5) is 2.67. The van der Waals surface area contributed by atoms with Gasteiger partial charge < -0.3 is 5.32 Å². The van der Waals surface area contributed by atoms with Gasteiger partial charge in [0, 0.05) is 31.7 Å². The van der Waals surface area contributed by atoms with Gasteiger partial charge in [0.2, 0.25) is 0 Å². The molecule has 18 heavy (non-hydrogen) atoms. The van der Waals surface area contributed by atoms with E-state index < -0.39 is 0 Å². The molecular weight excluding hydrogens is 222 g/mol. The molecule has 0 aromatic heterocycles. The second kappa shape index (κ2) is 6.04. The lowest BCUT2D eigenvalue weighted by Crippen LogP contribution is -2.44. The van der Waals surface area contributed by atoms with Gasteiger partial charge >= 0.3 is 0 Å². The Hall–Kier alpha value is -0.590. The van der Waals surface area contributed by atoms with Gasteiger partial charge in [-0.3, -0.25) is 4.90 Å². The minimum Gasteiger partial charge on any atom is -0.311 e. The van der Waals surface area contributed by atoms with E-state index in [1.165, 1.54) is 38.6 Å². The van der Waals surface area contributed by atoms with Crippen LogP contribution in [-0.4, -0.2) is 36.6 Å². The summed E-state index contributed by atoms with van der Waals surface area (Å²) in [6, 6.07) is 3.45. The monoisotopic (exact) mass is 249 g/mol. The van der Waals surface area contributed by atoms with Crippen molar-refractivity contribution in [2.24, 2.45) is 5.41 Å². The zero-order valence-corrected chi connectivity index (χ0v) is 11.9. The van der Waals surface area contributed by atoms with Gasteiger partial charge in [0.1, 0.15) is 0 Å². The van der Waals surface area contributed by atoms with Crippen molar-refractivity contribution in [3.05, 3.63) is 0 Å². The molecule has 2 fully saturated rings. The van der Waals surface area contributed by atoms with Crippen LogP contribution in [0.1, 0.15) is 52.4 Å². The summed E-state index contributed by atoms with van der Waals surface area (Å²) in [7, 11) is 0. The fourth-order valence-corrected chi connectivity index (χ4v) is 3.41. The molecule has 0 bridgehead atoms. The zero-order valence-electron chi connectivity index (χ0n) is 11.9. The van der Waals surface area contributed by atoms with Crippen LogP contribution in [0.15, 0.2) is 0 Å². The number of nitriles is 1. The van der Waals surface area contributed by atoms with Gasteiger partial charge in [-0.15, -0.1) is 0 Å². The number of rotatable bonds is 2. The fraction of sp³-hybridized carbons (Fsp3) is 0.933. The van der Waals surface area contributed by atoms with Crippen molar-refractivity contribution in [2.75, 3.05) is 19.6 Å². The average Bonchev–Trinajstić information content (AvgIpc) is 2.50. The molecule has 0 aromatic rings. The molecule has 0 amide bonds. The third-order valence-electron chi connectivity index (χ3n) is 4.38. The molecule has 0 spiro atoms. The number of hydrogen-bond donors (Lipinski definition) is 1. The van der Waals surface area contributed by atoms with E-state index in [9.17, 15) is 0 Å². The predicted octanol–water partition coefficient (Wildman–Crippen LogP) is 2.53. The quantitative estimate of drug-likeness (QED) is 0.817. The Morgan fingerprint density at radius 2 is 2.00 bits per heavy atom. The Balaban J connectivity index is 2.02. The molecule has 1 unspecified atom stereocenters. The van der Waals surface area contributed by atoms with Crippen molar-refractivity contribution in [3.8, 4) is 6.07 Å². The zero-order chi connectivity index (χ0) is 13.0. The smallest absolute Gasteiger partial charge is 0.0638 e. The van der Waals surface area contributed by atoms with Crippen molar-refractivity contribution in [2.45, 2.75) is 64.5 Å². The first-order chi connectivity index (χ1) is 8.61. The Morgan fingerprint density at radius 1 is 1.28 bits per heavy atom. The molecule has 102 valence electrons. The van der Waals surface area contributed by atoms with Crippen LogP contribution in [0.2, 0.25) is 0 Å². The molecule has 1 aliphatic carbocycles. The maximum atomic E-state index is 8.93. The third-order valence-corrected chi connectivity index (χ3v) is 4.38. The van der Waals surface area contributed by atoms with Crippen molar-refractivity contribution in [1.29, 1.82) is 5.26 Å². The van der Waals surface area contributed by atoms with Crippen LogP contribution in [0.3, 0.4) is 0 Å². The predicted molar refractivity (Wildman–Crippen MR) is 74.2 cm³/mol. The Bertz CT molecular complexity index is 299. The Labute approximate surface area is 112 Å². The highest BCUT2D eigenvalue weighted by molar-refractivity contribution is 4.92. The summed E-state index contributed by atoms with van der Waals surface area (Å²) in [6.07, 6.45) is 7.54. The lowest BCUT2D eigenvalue weighted by atomic mass is 9.89. The van der Waals surface area contributed by atoms with E-state index in [2.05, 4.69) is 30.1 Å². The summed E-state index contributed by atoms with van der Waals surface area (Å²) < 4.78 is 0. The lowest BCUT2D eigenvalue weighted by Gasteiger charge is -2.37. The summed E-state index contributed by atoms with van der Waals surface area (Å²) >= 11 is 0. The van der Waals surface area contributed by atoms with Crippen LogP contribution in [0.4, 0.5) is 0 Å². The van der Waals surface area contributed by atoms with Gasteiger partial charge in [-0.1, -0.05) is 33.1 Å². The van der Waals surface area contributed by atoms with Crippen LogP contribution in [0.25, 0.3) is 0 Å². The van der Waals surface area contributed by atoms with Crippen LogP contribution in [0, 0.1) is 16.7 Å². The van der Waals surface area contributed by atoms with Crippen LogP contribution < -0.4 is 5.32 Å². The van der Waals surface area contributed by atoms with Crippen LogP contribution in [0.5, 0.6) is 0 Å². The van der Waals surface area contributed by atoms with Crippen molar-refractivity contribution in [1.82, 2.24) is 10.2 Å². The van der Waals surface area contributed by atoms with E-state index in [1.54, 1.807) is 0 Å². The van der Waals surface area contributed by atoms with Gasteiger partial charge in [0.05, 0.1) is 12.5 Å². The first kappa shape index (κ1) is 13.8. The van der Waals surface area contributed by atoms with Crippen molar-refractivity contribution in [3.63, 3.8) is 0 Å². The first-order valence-electron chi connectivity index (χ1n) is 7.45. The average molecular weight is 249 g/mol. The molecule has 3 nitrogen and oxygen atoms in total. The van der Waals surface area contributed by atoms with Gasteiger partial charge in [-0.05, 0) is 18.3 Å². The number of nitrogens with zero attached hydrogens (tertiary/aromatic N) is 2. The molecule has 1 heterocycles. The second-order valence-electron chi connectivity index (χ2n) is 6.83. The van der Waals surface area contributed by atoms with Gasteiger partial charge in [0.25, 0.3) is 0 Å². The summed E-state index contributed by atoms with van der Waals surface area (Å²) in [6.45, 7) is 7.94. The molecule has 0 radical (unpaired) electrons. The van der Waals surface area contributed by atoms with E-state index in [4.69, 9.17) is 5.26 Å². The minimum absolute atomic E-state index is 0.321. The largest absolute Gasteiger partial charge is 0.311 e. The summed E-state index contributed by atoms with van der Waals surface area (Å²) in [5.74, 6) is 0. The Kier molecular flexibility index (Phi) is 4.64. The van der Waals surface area contributed by atoms with Crippen LogP contribution >= 0.6 is 0 Å². The minimum atomic E-state index is 0.321. The standard InChI is InChI=1S/C15H27N3/c1-15(2)11-17-13(8-9-16)10-18(12-15)14-6-4-3-5-7-14/h13-14,17H,3-8,10-12H2,1-2H3. The third kappa shape index (κ3) is 3.70. The number of nitrogens with one attached hydrogen (secondary N) is 1. The first-order valence-corrected chi connectivity index (χ1v) is 7.45. The van der Waals surface area contributed by atoms with Gasteiger partial charge in [0.15, 0.2) is 0 Å². The van der Waals surface area contributed by atoms with Crippen molar-refractivity contribution < 1.29 is 0 Å². The Morgan fingerprint density at radius 3 is 2.67 bits per heavy atom. The molecule has 2 rings (SSSR count). The maximum Gasteiger partial charge on any atom is 0.0638 e. The van der Waals surface area contributed by atoms with E-state index >= 15 is 0 Å². The summed E-state index contributed by atoms with van der Waals surface area (Å²) in [5.41, 5.74) is 0.321. The van der Waals surface area contributed by atoms with E-state index in [-0.39, 0.29) is 0 Å². The lowest BCUT2D eigenvalue weighted by molar-refractivity contribution is 0.118. The molecule has 1 saturated carbocycles. The van der Waals surface area contributed by atoms with Crippen LogP contribution in [-0.2, 0) is 0 Å². The molecule has 1 saturated heterocycles. The molecule has 1 aliphatic heterocycles. The number of hydrogen-bond acceptors (Lipinski definition) is 3. The van der Waals surface area contributed by atoms with E-state index in [1.807, 2.05) is 0 Å². The SMILES string of the molecule is CC1(C)CNC(CC#N)CN(C2CCCCC2)C1. The molecule has 3 heteroatoms. The highest BCUT2D eigenvalue weighted by Gasteiger charge is 2.32.